The Hall–Kier alpha value is -3.32. The number of sulfonamides is 1. The predicted octanol–water partition coefficient (Wildman–Crippen LogP) is 6.42. The van der Waals surface area contributed by atoms with E-state index in [9.17, 15) is 8.42 Å². The number of hydrogen-bond donors (Lipinski definition) is 1. The Labute approximate surface area is 210 Å². The maximum atomic E-state index is 14.0. The standard InChI is InChI=1S/C28H25ClN2O3S/c1-34-24-13-14-27-26(17-24)22(18-30-27)15-16-31(19-20-9-11-23(29)12-10-20)35(32,33)28-8-4-6-21-5-2-3-7-25(21)28/h2-14,17-18,30H,15-16,19H2,1H3. The molecule has 0 spiro atoms. The maximum Gasteiger partial charge on any atom is 0.244 e. The van der Waals surface area contributed by atoms with Crippen LogP contribution < -0.4 is 4.74 Å². The van der Waals surface area contributed by atoms with Crippen LogP contribution in [0.4, 0.5) is 0 Å². The lowest BCUT2D eigenvalue weighted by atomic mass is 10.1. The first kappa shape index (κ1) is 23.4. The van der Waals surface area contributed by atoms with Gasteiger partial charge in [-0.2, -0.15) is 4.31 Å². The Morgan fingerprint density at radius 1 is 0.914 bits per heavy atom. The summed E-state index contributed by atoms with van der Waals surface area (Å²) in [6.45, 7) is 0.562. The molecule has 0 fully saturated rings. The van der Waals surface area contributed by atoms with Gasteiger partial charge in [-0.15, -0.1) is 0 Å². The Morgan fingerprint density at radius 3 is 2.49 bits per heavy atom. The number of ether oxygens (including phenoxy) is 1. The molecular formula is C28H25ClN2O3S. The number of rotatable bonds is 8. The highest BCUT2D eigenvalue weighted by Gasteiger charge is 2.26. The molecule has 0 atom stereocenters. The first-order valence-electron chi connectivity index (χ1n) is 11.3. The molecule has 0 radical (unpaired) electrons. The summed E-state index contributed by atoms with van der Waals surface area (Å²) in [6, 6.07) is 26.1. The third kappa shape index (κ3) is 4.78. The monoisotopic (exact) mass is 504 g/mol. The lowest BCUT2D eigenvalue weighted by molar-refractivity contribution is 0.410. The van der Waals surface area contributed by atoms with E-state index >= 15 is 0 Å². The molecule has 1 aromatic heterocycles. The second kappa shape index (κ2) is 9.74. The number of nitrogens with zero attached hydrogens (tertiary/aromatic N) is 1. The van der Waals surface area contributed by atoms with Crippen molar-refractivity contribution in [1.82, 2.24) is 9.29 Å². The Morgan fingerprint density at radius 2 is 1.69 bits per heavy atom. The number of hydrogen-bond acceptors (Lipinski definition) is 3. The summed E-state index contributed by atoms with van der Waals surface area (Å²) in [6.07, 6.45) is 2.49. The molecule has 178 valence electrons. The number of aromatic nitrogens is 1. The fourth-order valence-corrected chi connectivity index (χ4v) is 6.14. The van der Waals surface area contributed by atoms with Crippen molar-refractivity contribution in [3.63, 3.8) is 0 Å². The third-order valence-corrected chi connectivity index (χ3v) is 8.40. The average molecular weight is 505 g/mol. The summed E-state index contributed by atoms with van der Waals surface area (Å²) in [7, 11) is -2.15. The second-order valence-corrected chi connectivity index (χ2v) is 10.8. The van der Waals surface area contributed by atoms with Crippen LogP contribution in [0.1, 0.15) is 11.1 Å². The number of methoxy groups -OCH3 is 1. The SMILES string of the molecule is COc1ccc2[nH]cc(CCN(Cc3ccc(Cl)cc3)S(=O)(=O)c3cccc4ccccc34)c2c1. The van der Waals surface area contributed by atoms with Gasteiger partial charge < -0.3 is 9.72 Å². The van der Waals surface area contributed by atoms with Gasteiger partial charge in [0.1, 0.15) is 5.75 Å². The molecule has 0 saturated carbocycles. The Balaban J connectivity index is 1.52. The number of nitrogens with one attached hydrogen (secondary N) is 1. The molecule has 35 heavy (non-hydrogen) atoms. The van der Waals surface area contributed by atoms with Gasteiger partial charge in [0.2, 0.25) is 10.0 Å². The topological polar surface area (TPSA) is 62.4 Å². The smallest absolute Gasteiger partial charge is 0.244 e. The molecule has 4 aromatic carbocycles. The van der Waals surface area contributed by atoms with Crippen LogP contribution >= 0.6 is 11.6 Å². The summed E-state index contributed by atoms with van der Waals surface area (Å²) < 4.78 is 35.0. The molecule has 0 unspecified atom stereocenters. The molecule has 7 heteroatoms. The lowest BCUT2D eigenvalue weighted by Crippen LogP contribution is -2.32. The largest absolute Gasteiger partial charge is 0.497 e. The number of H-pyrrole nitrogens is 1. The number of benzene rings is 4. The third-order valence-electron chi connectivity index (χ3n) is 6.24. The van der Waals surface area contributed by atoms with Gasteiger partial charge in [0.25, 0.3) is 0 Å². The predicted molar refractivity (Wildman–Crippen MR) is 142 cm³/mol. The highest BCUT2D eigenvalue weighted by Crippen LogP contribution is 2.29. The molecule has 0 aliphatic carbocycles. The number of halogens is 1. The van der Waals surface area contributed by atoms with Crippen molar-refractivity contribution in [3.8, 4) is 5.75 Å². The fourth-order valence-electron chi connectivity index (χ4n) is 4.37. The van der Waals surface area contributed by atoms with Crippen molar-refractivity contribution in [3.05, 3.63) is 107 Å². The highest BCUT2D eigenvalue weighted by atomic mass is 35.5. The zero-order valence-corrected chi connectivity index (χ0v) is 20.8. The average Bonchev–Trinajstić information content (AvgIpc) is 3.29. The van der Waals surface area contributed by atoms with Gasteiger partial charge >= 0.3 is 0 Å². The molecular weight excluding hydrogens is 480 g/mol. The molecule has 0 aliphatic rings. The van der Waals surface area contributed by atoms with E-state index < -0.39 is 10.0 Å². The van der Waals surface area contributed by atoms with E-state index in [1.807, 2.05) is 66.9 Å². The van der Waals surface area contributed by atoms with E-state index in [4.69, 9.17) is 16.3 Å². The van der Waals surface area contributed by atoms with E-state index in [1.165, 1.54) is 0 Å². The minimum atomic E-state index is -3.79. The van der Waals surface area contributed by atoms with Crippen molar-refractivity contribution >= 4 is 43.3 Å². The van der Waals surface area contributed by atoms with Crippen LogP contribution in [0.5, 0.6) is 5.75 Å². The molecule has 1 N–H and O–H groups in total. The number of fused-ring (bicyclic) bond motifs is 2. The van der Waals surface area contributed by atoms with E-state index in [1.54, 1.807) is 35.7 Å². The molecule has 5 nitrogen and oxygen atoms in total. The summed E-state index contributed by atoms with van der Waals surface area (Å²) in [5.41, 5.74) is 2.90. The minimum absolute atomic E-state index is 0.244. The minimum Gasteiger partial charge on any atom is -0.497 e. The normalized spacial score (nSPS) is 12.0. The molecule has 0 saturated heterocycles. The van der Waals surface area contributed by atoms with Gasteiger partial charge in [0.05, 0.1) is 12.0 Å². The molecule has 1 heterocycles. The van der Waals surface area contributed by atoms with Crippen molar-refractivity contribution in [2.75, 3.05) is 13.7 Å². The van der Waals surface area contributed by atoms with E-state index in [0.29, 0.717) is 28.3 Å². The summed E-state index contributed by atoms with van der Waals surface area (Å²) >= 11 is 6.06. The van der Waals surface area contributed by atoms with Crippen molar-refractivity contribution in [2.45, 2.75) is 17.9 Å². The Kier molecular flexibility index (Phi) is 6.52. The van der Waals surface area contributed by atoms with Gasteiger partial charge in [-0.05, 0) is 59.3 Å². The lowest BCUT2D eigenvalue weighted by Gasteiger charge is -2.23. The van der Waals surface area contributed by atoms with Crippen LogP contribution in [0.15, 0.2) is 96.0 Å². The van der Waals surface area contributed by atoms with Crippen LogP contribution in [0, 0.1) is 0 Å². The van der Waals surface area contributed by atoms with Gasteiger partial charge in [-0.3, -0.25) is 0 Å². The van der Waals surface area contributed by atoms with Crippen LogP contribution in [0.3, 0.4) is 0 Å². The molecule has 0 bridgehead atoms. The van der Waals surface area contributed by atoms with Gasteiger partial charge in [0, 0.05) is 40.6 Å². The first-order chi connectivity index (χ1) is 17.0. The summed E-state index contributed by atoms with van der Waals surface area (Å²) in [5.74, 6) is 0.764. The number of aromatic amines is 1. The summed E-state index contributed by atoms with van der Waals surface area (Å²) in [5, 5.41) is 3.25. The molecule has 0 aliphatic heterocycles. The van der Waals surface area contributed by atoms with Gasteiger partial charge in [-0.1, -0.05) is 60.1 Å². The highest BCUT2D eigenvalue weighted by molar-refractivity contribution is 7.89. The zero-order valence-electron chi connectivity index (χ0n) is 19.2. The molecule has 5 rings (SSSR count). The second-order valence-electron chi connectivity index (χ2n) is 8.42. The maximum absolute atomic E-state index is 14.0. The Bertz CT molecular complexity index is 1590. The van der Waals surface area contributed by atoms with Crippen LogP contribution in [-0.2, 0) is 23.0 Å². The van der Waals surface area contributed by atoms with Crippen LogP contribution in [0.25, 0.3) is 21.7 Å². The van der Waals surface area contributed by atoms with Gasteiger partial charge in [-0.25, -0.2) is 8.42 Å². The molecule has 0 amide bonds. The zero-order chi connectivity index (χ0) is 24.4. The van der Waals surface area contributed by atoms with Crippen molar-refractivity contribution < 1.29 is 13.2 Å². The fraction of sp³-hybridized carbons (Fsp3) is 0.143. The van der Waals surface area contributed by atoms with E-state index in [0.717, 1.165) is 33.2 Å². The first-order valence-corrected chi connectivity index (χ1v) is 13.1. The van der Waals surface area contributed by atoms with E-state index in [2.05, 4.69) is 4.98 Å². The summed E-state index contributed by atoms with van der Waals surface area (Å²) in [4.78, 5) is 3.59. The van der Waals surface area contributed by atoms with Crippen LogP contribution in [0.2, 0.25) is 5.02 Å². The van der Waals surface area contributed by atoms with Crippen molar-refractivity contribution in [1.29, 1.82) is 0 Å². The van der Waals surface area contributed by atoms with E-state index in [-0.39, 0.29) is 6.54 Å². The molecule has 5 aromatic rings. The van der Waals surface area contributed by atoms with Crippen molar-refractivity contribution in [2.24, 2.45) is 0 Å². The quantitative estimate of drug-likeness (QED) is 0.265. The van der Waals surface area contributed by atoms with Gasteiger partial charge in [0.15, 0.2) is 0 Å². The van der Waals surface area contributed by atoms with Crippen LogP contribution in [-0.4, -0.2) is 31.4 Å².